The fraction of sp³-hybridized carbons (Fsp3) is 0.833. The van der Waals surface area contributed by atoms with Crippen molar-refractivity contribution in [3.8, 4) is 0 Å². The lowest BCUT2D eigenvalue weighted by Gasteiger charge is -2.06. The molecule has 0 unspecified atom stereocenters. The Kier molecular flexibility index (Phi) is 2.56. The second-order valence-electron chi connectivity index (χ2n) is 2.29. The number of thioether (sulfide) groups is 1. The van der Waals surface area contributed by atoms with Gasteiger partial charge in [0.2, 0.25) is 0 Å². The summed E-state index contributed by atoms with van der Waals surface area (Å²) in [7, 11) is 0. The van der Waals surface area contributed by atoms with Gasteiger partial charge in [0, 0.05) is 5.75 Å². The van der Waals surface area contributed by atoms with E-state index in [0.717, 1.165) is 6.42 Å². The van der Waals surface area contributed by atoms with Gasteiger partial charge in [-0.2, -0.15) is 0 Å². The molecule has 3 nitrogen and oxygen atoms in total. The third kappa shape index (κ3) is 1.64. The van der Waals surface area contributed by atoms with Crippen molar-refractivity contribution in [2.45, 2.75) is 24.8 Å². The standard InChI is InChI=1S/C6H11NO2S/c1-2-5-7-4(3-10-5)6(8)9/h4-5,7H,2-3H2,1H3,(H,8,9)/t4-,5-/m0/s1. The first-order valence-corrected chi connectivity index (χ1v) is 4.39. The largest absolute Gasteiger partial charge is 0.480 e. The van der Waals surface area contributed by atoms with Gasteiger partial charge in [0.05, 0.1) is 5.37 Å². The molecule has 0 saturated carbocycles. The van der Waals surface area contributed by atoms with Crippen molar-refractivity contribution in [2.75, 3.05) is 5.75 Å². The van der Waals surface area contributed by atoms with Crippen molar-refractivity contribution in [1.82, 2.24) is 5.32 Å². The third-order valence-corrected chi connectivity index (χ3v) is 2.92. The fourth-order valence-corrected chi connectivity index (χ4v) is 2.07. The number of carboxylic acid groups (broad SMARTS) is 1. The molecule has 1 aliphatic rings. The van der Waals surface area contributed by atoms with Crippen LogP contribution < -0.4 is 5.32 Å². The first-order valence-electron chi connectivity index (χ1n) is 3.34. The molecule has 0 aromatic heterocycles. The van der Waals surface area contributed by atoms with Crippen molar-refractivity contribution in [1.29, 1.82) is 0 Å². The lowest BCUT2D eigenvalue weighted by molar-refractivity contribution is -0.138. The molecule has 0 spiro atoms. The van der Waals surface area contributed by atoms with Crippen LogP contribution in [0.2, 0.25) is 0 Å². The Bertz CT molecular complexity index is 140. The van der Waals surface area contributed by atoms with E-state index >= 15 is 0 Å². The lowest BCUT2D eigenvalue weighted by atomic mass is 10.3. The van der Waals surface area contributed by atoms with Gasteiger partial charge in [-0.3, -0.25) is 10.1 Å². The van der Waals surface area contributed by atoms with E-state index in [1.54, 1.807) is 11.8 Å². The summed E-state index contributed by atoms with van der Waals surface area (Å²) in [5, 5.41) is 11.9. The smallest absolute Gasteiger partial charge is 0.321 e. The molecule has 2 atom stereocenters. The van der Waals surface area contributed by atoms with Crippen molar-refractivity contribution >= 4 is 17.7 Å². The van der Waals surface area contributed by atoms with Crippen LogP contribution in [-0.4, -0.2) is 28.2 Å². The van der Waals surface area contributed by atoms with Gasteiger partial charge >= 0.3 is 5.97 Å². The second kappa shape index (κ2) is 3.25. The summed E-state index contributed by atoms with van der Waals surface area (Å²) in [6.07, 6.45) is 0.994. The number of hydrogen-bond donors (Lipinski definition) is 2. The molecule has 0 radical (unpaired) electrons. The maximum atomic E-state index is 10.4. The van der Waals surface area contributed by atoms with Crippen LogP contribution in [0, 0.1) is 0 Å². The monoisotopic (exact) mass is 161 g/mol. The summed E-state index contributed by atoms with van der Waals surface area (Å²) in [6, 6.07) is -0.324. The van der Waals surface area contributed by atoms with Gasteiger partial charge in [-0.1, -0.05) is 6.92 Å². The molecule has 0 aliphatic carbocycles. The molecule has 0 bridgehead atoms. The Morgan fingerprint density at radius 1 is 1.90 bits per heavy atom. The summed E-state index contributed by atoms with van der Waals surface area (Å²) in [4.78, 5) is 10.4. The molecule has 2 N–H and O–H groups in total. The minimum absolute atomic E-state index is 0.324. The van der Waals surface area contributed by atoms with Crippen LogP contribution in [0.4, 0.5) is 0 Å². The SMILES string of the molecule is CC[C@H]1N[C@H](C(=O)O)CS1. The average molecular weight is 161 g/mol. The highest BCUT2D eigenvalue weighted by atomic mass is 32.2. The maximum absolute atomic E-state index is 10.4. The first-order chi connectivity index (χ1) is 4.74. The molecule has 1 saturated heterocycles. The van der Waals surface area contributed by atoms with E-state index in [-0.39, 0.29) is 6.04 Å². The van der Waals surface area contributed by atoms with Gasteiger partial charge < -0.3 is 5.11 Å². The molecule has 1 aliphatic heterocycles. The van der Waals surface area contributed by atoms with E-state index in [0.29, 0.717) is 11.1 Å². The molecule has 58 valence electrons. The normalized spacial score (nSPS) is 32.5. The van der Waals surface area contributed by atoms with Crippen molar-refractivity contribution in [3.05, 3.63) is 0 Å². The Morgan fingerprint density at radius 2 is 2.60 bits per heavy atom. The summed E-state index contributed by atoms with van der Waals surface area (Å²) in [5.74, 6) is -0.0307. The zero-order valence-electron chi connectivity index (χ0n) is 5.83. The number of carbonyl (C=O) groups is 1. The van der Waals surface area contributed by atoms with Crippen LogP contribution in [-0.2, 0) is 4.79 Å². The molecule has 10 heavy (non-hydrogen) atoms. The predicted molar refractivity (Wildman–Crippen MR) is 41.1 cm³/mol. The molecule has 4 heteroatoms. The Balaban J connectivity index is 2.35. The van der Waals surface area contributed by atoms with Gasteiger partial charge in [0.15, 0.2) is 0 Å². The molecule has 1 rings (SSSR count). The molecule has 1 fully saturated rings. The topological polar surface area (TPSA) is 49.3 Å². The molecule has 0 amide bonds. The fourth-order valence-electron chi connectivity index (χ4n) is 0.911. The molecular weight excluding hydrogens is 150 g/mol. The average Bonchev–Trinajstić information content (AvgIpc) is 2.34. The maximum Gasteiger partial charge on any atom is 0.321 e. The van der Waals surface area contributed by atoms with Crippen molar-refractivity contribution in [3.63, 3.8) is 0 Å². The highest BCUT2D eigenvalue weighted by Gasteiger charge is 2.27. The van der Waals surface area contributed by atoms with Gasteiger partial charge in [0.1, 0.15) is 6.04 Å². The molecule has 1 heterocycles. The van der Waals surface area contributed by atoms with E-state index < -0.39 is 5.97 Å². The van der Waals surface area contributed by atoms with E-state index in [2.05, 4.69) is 12.2 Å². The minimum atomic E-state index is -0.733. The van der Waals surface area contributed by atoms with Crippen LogP contribution in [0.5, 0.6) is 0 Å². The van der Waals surface area contributed by atoms with Gasteiger partial charge in [-0.15, -0.1) is 11.8 Å². The Hall–Kier alpha value is -0.220. The lowest BCUT2D eigenvalue weighted by Crippen LogP contribution is -2.36. The predicted octanol–water partition coefficient (Wildman–Crippen LogP) is 0.512. The van der Waals surface area contributed by atoms with Gasteiger partial charge in [0.25, 0.3) is 0 Å². The minimum Gasteiger partial charge on any atom is -0.480 e. The summed E-state index contributed by atoms with van der Waals surface area (Å²) in [5.41, 5.74) is 0. The third-order valence-electron chi connectivity index (χ3n) is 1.52. The summed E-state index contributed by atoms with van der Waals surface area (Å²) in [6.45, 7) is 2.05. The first kappa shape index (κ1) is 7.88. The van der Waals surface area contributed by atoms with Crippen LogP contribution in [0.1, 0.15) is 13.3 Å². The van der Waals surface area contributed by atoms with Crippen LogP contribution in [0.3, 0.4) is 0 Å². The van der Waals surface area contributed by atoms with Crippen LogP contribution in [0.25, 0.3) is 0 Å². The van der Waals surface area contributed by atoms with Crippen molar-refractivity contribution in [2.24, 2.45) is 0 Å². The zero-order chi connectivity index (χ0) is 7.56. The highest BCUT2D eigenvalue weighted by molar-refractivity contribution is 8.00. The van der Waals surface area contributed by atoms with Gasteiger partial charge in [-0.05, 0) is 6.42 Å². The molecule has 0 aromatic carbocycles. The Labute approximate surface area is 64.2 Å². The summed E-state index contributed by atoms with van der Waals surface area (Å²) < 4.78 is 0. The van der Waals surface area contributed by atoms with E-state index in [9.17, 15) is 4.79 Å². The van der Waals surface area contributed by atoms with Gasteiger partial charge in [-0.25, -0.2) is 0 Å². The zero-order valence-corrected chi connectivity index (χ0v) is 6.65. The number of rotatable bonds is 2. The second-order valence-corrected chi connectivity index (χ2v) is 3.52. The Morgan fingerprint density at radius 3 is 2.90 bits per heavy atom. The molecular formula is C6H11NO2S. The van der Waals surface area contributed by atoms with E-state index in [1.807, 2.05) is 0 Å². The van der Waals surface area contributed by atoms with E-state index in [4.69, 9.17) is 5.11 Å². The summed E-state index contributed by atoms with van der Waals surface area (Å²) >= 11 is 1.69. The number of aliphatic carboxylic acids is 1. The molecule has 0 aromatic rings. The van der Waals surface area contributed by atoms with Crippen molar-refractivity contribution < 1.29 is 9.90 Å². The van der Waals surface area contributed by atoms with E-state index in [1.165, 1.54) is 0 Å². The number of carboxylic acids is 1. The van der Waals surface area contributed by atoms with Crippen LogP contribution in [0.15, 0.2) is 0 Å². The quantitative estimate of drug-likeness (QED) is 0.619. The highest BCUT2D eigenvalue weighted by Crippen LogP contribution is 2.20. The number of hydrogen-bond acceptors (Lipinski definition) is 3. The number of nitrogens with one attached hydrogen (secondary N) is 1. The van der Waals surface area contributed by atoms with Crippen LogP contribution >= 0.6 is 11.8 Å².